The van der Waals surface area contributed by atoms with Crippen LogP contribution in [0.1, 0.15) is 46.6 Å². The van der Waals surface area contributed by atoms with Crippen LogP contribution in [-0.2, 0) is 16.6 Å². The third-order valence-corrected chi connectivity index (χ3v) is 7.33. The van der Waals surface area contributed by atoms with E-state index in [1.54, 1.807) is 12.1 Å². The summed E-state index contributed by atoms with van der Waals surface area (Å²) in [6.07, 6.45) is 3.81. The van der Waals surface area contributed by atoms with Crippen molar-refractivity contribution < 1.29 is 13.4 Å². The van der Waals surface area contributed by atoms with Gasteiger partial charge in [0.2, 0.25) is 5.89 Å². The molecule has 0 aliphatic carbocycles. The lowest BCUT2D eigenvalue weighted by atomic mass is 10.1. The molecule has 2 heterocycles. The van der Waals surface area contributed by atoms with E-state index in [4.69, 9.17) is 4.42 Å². The van der Waals surface area contributed by atoms with Crippen LogP contribution in [0, 0.1) is 13.8 Å². The van der Waals surface area contributed by atoms with Crippen molar-refractivity contribution in [1.29, 1.82) is 0 Å². The molecule has 1 N–H and O–H groups in total. The van der Waals surface area contributed by atoms with E-state index in [0.29, 0.717) is 35.2 Å². The number of likely N-dealkylation sites (tertiary alicyclic amines) is 1. The first kappa shape index (κ1) is 23.4. The van der Waals surface area contributed by atoms with Crippen molar-refractivity contribution in [3.8, 4) is 11.5 Å². The molecular weight excluding hydrogens is 434 g/mol. The first-order valence-corrected chi connectivity index (χ1v) is 12.8. The first-order valence-electron chi connectivity index (χ1n) is 11.5. The van der Waals surface area contributed by atoms with Crippen LogP contribution in [0.4, 0.5) is 0 Å². The molecule has 174 valence electrons. The molecule has 1 amide bonds. The minimum Gasteiger partial charge on any atom is -0.441 e. The largest absolute Gasteiger partial charge is 0.441 e. The van der Waals surface area contributed by atoms with Crippen molar-refractivity contribution >= 4 is 16.7 Å². The number of carbonyl (C=O) groups is 1. The number of piperidine rings is 1. The summed E-state index contributed by atoms with van der Waals surface area (Å²) >= 11 is 0. The van der Waals surface area contributed by atoms with Gasteiger partial charge in [0.15, 0.2) is 0 Å². The Kier molecular flexibility index (Phi) is 7.73. The summed E-state index contributed by atoms with van der Waals surface area (Å²) in [4.78, 5) is 20.2. The third kappa shape index (κ3) is 6.18. The SMILES string of the molecule is Cc1ccc(S(=O)Cc2nc(-c3ccc(C(=O)NCCN4CCCCC4)cc3)oc2C)cc1. The molecular formula is C26H31N3O3S. The molecule has 1 fully saturated rings. The Morgan fingerprint density at radius 3 is 2.42 bits per heavy atom. The zero-order chi connectivity index (χ0) is 23.2. The molecule has 7 heteroatoms. The molecule has 0 bridgehead atoms. The summed E-state index contributed by atoms with van der Waals surface area (Å²) in [5, 5.41) is 3.01. The predicted octanol–water partition coefficient (Wildman–Crippen LogP) is 4.48. The van der Waals surface area contributed by atoms with Crippen molar-refractivity contribution in [3.63, 3.8) is 0 Å². The summed E-state index contributed by atoms with van der Waals surface area (Å²) in [6.45, 7) is 7.64. The fraction of sp³-hybridized carbons (Fsp3) is 0.385. The standard InChI is InChI=1S/C26H31N3O3S/c1-19-6-12-23(13-7-19)33(31)18-24-20(2)32-26(28-24)22-10-8-21(9-11-22)25(30)27-14-17-29-15-4-3-5-16-29/h6-13H,3-5,14-18H2,1-2H3,(H,27,30). The quantitative estimate of drug-likeness (QED) is 0.531. The lowest BCUT2D eigenvalue weighted by Crippen LogP contribution is -2.37. The average molecular weight is 466 g/mol. The van der Waals surface area contributed by atoms with Crippen LogP contribution in [0.15, 0.2) is 57.8 Å². The Balaban J connectivity index is 1.35. The second kappa shape index (κ2) is 10.9. The summed E-state index contributed by atoms with van der Waals surface area (Å²) < 4.78 is 18.5. The average Bonchev–Trinajstić information content (AvgIpc) is 3.20. The molecule has 33 heavy (non-hydrogen) atoms. The van der Waals surface area contributed by atoms with Crippen LogP contribution in [0.3, 0.4) is 0 Å². The molecule has 1 aromatic heterocycles. The molecule has 0 spiro atoms. The van der Waals surface area contributed by atoms with Gasteiger partial charge >= 0.3 is 0 Å². The molecule has 0 saturated carbocycles. The van der Waals surface area contributed by atoms with Gasteiger partial charge in [-0.15, -0.1) is 0 Å². The van der Waals surface area contributed by atoms with Crippen LogP contribution < -0.4 is 5.32 Å². The van der Waals surface area contributed by atoms with Crippen molar-refractivity contribution in [3.05, 3.63) is 71.1 Å². The highest BCUT2D eigenvalue weighted by Crippen LogP contribution is 2.24. The minimum atomic E-state index is -1.19. The normalized spacial score (nSPS) is 15.3. The Bertz CT molecular complexity index is 1100. The van der Waals surface area contributed by atoms with Crippen LogP contribution in [0.25, 0.3) is 11.5 Å². The van der Waals surface area contributed by atoms with E-state index in [0.717, 1.165) is 35.7 Å². The maximum atomic E-state index is 12.7. The summed E-state index contributed by atoms with van der Waals surface area (Å²) in [5.41, 5.74) is 3.22. The number of aromatic nitrogens is 1. The van der Waals surface area contributed by atoms with Gasteiger partial charge in [0.25, 0.3) is 5.91 Å². The van der Waals surface area contributed by atoms with Gasteiger partial charge in [0, 0.05) is 29.1 Å². The van der Waals surface area contributed by atoms with Gasteiger partial charge in [-0.05, 0) is 76.2 Å². The van der Waals surface area contributed by atoms with E-state index in [2.05, 4.69) is 15.2 Å². The Hall–Kier alpha value is -2.77. The molecule has 1 aliphatic heterocycles. The van der Waals surface area contributed by atoms with E-state index >= 15 is 0 Å². The Morgan fingerprint density at radius 1 is 1.03 bits per heavy atom. The number of nitrogens with zero attached hydrogens (tertiary/aromatic N) is 2. The summed E-state index contributed by atoms with van der Waals surface area (Å²) in [6, 6.07) is 14.9. The van der Waals surface area contributed by atoms with Gasteiger partial charge in [-0.25, -0.2) is 4.98 Å². The van der Waals surface area contributed by atoms with Gasteiger partial charge in [0.1, 0.15) is 5.76 Å². The maximum Gasteiger partial charge on any atom is 0.251 e. The highest BCUT2D eigenvalue weighted by atomic mass is 32.2. The van der Waals surface area contributed by atoms with Crippen LogP contribution in [-0.4, -0.2) is 46.2 Å². The number of carbonyl (C=O) groups excluding carboxylic acids is 1. The number of rotatable bonds is 8. The van der Waals surface area contributed by atoms with Gasteiger partial charge < -0.3 is 14.6 Å². The van der Waals surface area contributed by atoms with Crippen LogP contribution in [0.5, 0.6) is 0 Å². The molecule has 6 nitrogen and oxygen atoms in total. The second-order valence-corrected chi connectivity index (χ2v) is 10.0. The predicted molar refractivity (Wildman–Crippen MR) is 131 cm³/mol. The zero-order valence-corrected chi connectivity index (χ0v) is 20.1. The Labute approximate surface area is 197 Å². The number of amides is 1. The molecule has 1 saturated heterocycles. The van der Waals surface area contributed by atoms with Crippen LogP contribution >= 0.6 is 0 Å². The highest BCUT2D eigenvalue weighted by Gasteiger charge is 2.16. The first-order chi connectivity index (χ1) is 16.0. The Morgan fingerprint density at radius 2 is 1.73 bits per heavy atom. The van der Waals surface area contributed by atoms with Crippen molar-refractivity contribution in [1.82, 2.24) is 15.2 Å². The third-order valence-electron chi connectivity index (χ3n) is 6.00. The summed E-state index contributed by atoms with van der Waals surface area (Å²) in [7, 11) is -1.19. The molecule has 1 atom stereocenters. The number of nitrogens with one attached hydrogen (secondary N) is 1. The van der Waals surface area contributed by atoms with Gasteiger partial charge in [-0.3, -0.25) is 9.00 Å². The van der Waals surface area contributed by atoms with E-state index in [1.165, 1.54) is 19.3 Å². The van der Waals surface area contributed by atoms with E-state index < -0.39 is 10.8 Å². The van der Waals surface area contributed by atoms with E-state index in [-0.39, 0.29) is 5.91 Å². The topological polar surface area (TPSA) is 75.4 Å². The van der Waals surface area contributed by atoms with E-state index in [9.17, 15) is 9.00 Å². The van der Waals surface area contributed by atoms with Crippen LogP contribution in [0.2, 0.25) is 0 Å². The highest BCUT2D eigenvalue weighted by molar-refractivity contribution is 7.84. The molecule has 3 aromatic rings. The molecule has 1 unspecified atom stereocenters. The number of aryl methyl sites for hydroxylation is 2. The fourth-order valence-corrected chi connectivity index (χ4v) is 5.08. The second-order valence-electron chi connectivity index (χ2n) is 8.56. The molecule has 0 radical (unpaired) electrons. The molecule has 4 rings (SSSR count). The maximum absolute atomic E-state index is 12.7. The monoisotopic (exact) mass is 465 g/mol. The van der Waals surface area contributed by atoms with Gasteiger partial charge in [-0.2, -0.15) is 0 Å². The van der Waals surface area contributed by atoms with Gasteiger partial charge in [-0.1, -0.05) is 24.1 Å². The lowest BCUT2D eigenvalue weighted by molar-refractivity contribution is 0.0946. The fourth-order valence-electron chi connectivity index (χ4n) is 3.96. The number of hydrogen-bond donors (Lipinski definition) is 1. The lowest BCUT2D eigenvalue weighted by Gasteiger charge is -2.26. The number of hydrogen-bond acceptors (Lipinski definition) is 5. The molecule has 1 aliphatic rings. The van der Waals surface area contributed by atoms with Gasteiger partial charge in [0.05, 0.1) is 22.2 Å². The smallest absolute Gasteiger partial charge is 0.251 e. The van der Waals surface area contributed by atoms with E-state index in [1.807, 2.05) is 50.2 Å². The minimum absolute atomic E-state index is 0.0728. The number of oxazole rings is 1. The molecule has 2 aromatic carbocycles. The van der Waals surface area contributed by atoms with Crippen molar-refractivity contribution in [2.45, 2.75) is 43.8 Å². The zero-order valence-electron chi connectivity index (χ0n) is 19.3. The van der Waals surface area contributed by atoms with Crippen molar-refractivity contribution in [2.75, 3.05) is 26.2 Å². The van der Waals surface area contributed by atoms with Crippen molar-refractivity contribution in [2.24, 2.45) is 0 Å². The number of benzene rings is 2. The summed E-state index contributed by atoms with van der Waals surface area (Å²) in [5.74, 6) is 1.36.